The van der Waals surface area contributed by atoms with E-state index in [1.807, 2.05) is 0 Å². The van der Waals surface area contributed by atoms with Crippen molar-refractivity contribution in [2.75, 3.05) is 10.6 Å². The number of aryl methyl sites for hydroxylation is 1. The van der Waals surface area contributed by atoms with Crippen molar-refractivity contribution in [3.05, 3.63) is 95.0 Å². The maximum Gasteiger partial charge on any atom is 0.418 e. The number of alkyl halides is 3. The molecule has 0 aliphatic rings. The minimum absolute atomic E-state index is 0.0719. The lowest BCUT2D eigenvalue weighted by Gasteiger charge is -2.15. The molecule has 0 aliphatic carbocycles. The third-order valence-electron chi connectivity index (χ3n) is 4.99. The molecule has 168 valence electrons. The first-order chi connectivity index (χ1) is 15.6. The van der Waals surface area contributed by atoms with Gasteiger partial charge in [-0.25, -0.2) is 4.39 Å². The second kappa shape index (κ2) is 8.42. The molecule has 4 aromatic rings. The highest BCUT2D eigenvalue weighted by Crippen LogP contribution is 2.37. The summed E-state index contributed by atoms with van der Waals surface area (Å²) in [5.74, 6) is -2.20. The second-order valence-corrected chi connectivity index (χ2v) is 7.23. The number of hydrogen-bond donors (Lipinski definition) is 2. The Morgan fingerprint density at radius 1 is 0.879 bits per heavy atom. The third-order valence-corrected chi connectivity index (χ3v) is 4.99. The molecule has 1 heterocycles. The molecule has 0 saturated carbocycles. The van der Waals surface area contributed by atoms with Gasteiger partial charge in [-0.2, -0.15) is 13.2 Å². The van der Waals surface area contributed by atoms with Crippen molar-refractivity contribution in [1.82, 2.24) is 0 Å². The fourth-order valence-corrected chi connectivity index (χ4v) is 3.34. The number of fused-ring (bicyclic) bond motifs is 1. The topological polar surface area (TPSA) is 71.3 Å². The number of rotatable bonds is 4. The van der Waals surface area contributed by atoms with Crippen molar-refractivity contribution < 1.29 is 31.6 Å². The number of furan rings is 1. The van der Waals surface area contributed by atoms with Crippen molar-refractivity contribution in [2.24, 2.45) is 0 Å². The Hall–Kier alpha value is -4.14. The predicted octanol–water partition coefficient (Wildman–Crippen LogP) is 6.40. The lowest BCUT2D eigenvalue weighted by atomic mass is 10.1. The van der Waals surface area contributed by atoms with E-state index in [4.69, 9.17) is 4.42 Å². The number of hydrogen-bond acceptors (Lipinski definition) is 3. The molecule has 33 heavy (non-hydrogen) atoms. The average molecular weight is 456 g/mol. The molecule has 4 rings (SSSR count). The van der Waals surface area contributed by atoms with Gasteiger partial charge in [-0.05, 0) is 55.5 Å². The van der Waals surface area contributed by atoms with Crippen molar-refractivity contribution in [3.63, 3.8) is 0 Å². The van der Waals surface area contributed by atoms with Gasteiger partial charge in [0.25, 0.3) is 11.8 Å². The molecule has 0 spiro atoms. The van der Waals surface area contributed by atoms with Gasteiger partial charge in [0.1, 0.15) is 11.4 Å². The molecule has 0 aliphatic heterocycles. The fraction of sp³-hybridized carbons (Fsp3) is 0.0833. The van der Waals surface area contributed by atoms with Gasteiger partial charge in [0.05, 0.1) is 11.3 Å². The SMILES string of the molecule is Cc1c(C(=O)Nc2ccc(NC(=O)c3ccc(F)cc3)cc2C(F)(F)F)oc2ccccc12. The molecule has 0 radical (unpaired) electrons. The van der Waals surface area contributed by atoms with Crippen LogP contribution in [-0.2, 0) is 6.18 Å². The largest absolute Gasteiger partial charge is 0.451 e. The molecular weight excluding hydrogens is 440 g/mol. The summed E-state index contributed by atoms with van der Waals surface area (Å²) >= 11 is 0. The van der Waals surface area contributed by atoms with Gasteiger partial charge < -0.3 is 15.1 Å². The number of amides is 2. The Bertz CT molecular complexity index is 1360. The average Bonchev–Trinajstić information content (AvgIpc) is 3.11. The van der Waals surface area contributed by atoms with Crippen LogP contribution >= 0.6 is 0 Å². The monoisotopic (exact) mass is 456 g/mol. The zero-order valence-electron chi connectivity index (χ0n) is 17.1. The summed E-state index contributed by atoms with van der Waals surface area (Å²) in [6.45, 7) is 1.64. The highest BCUT2D eigenvalue weighted by molar-refractivity contribution is 6.07. The Kier molecular flexibility index (Phi) is 5.63. The minimum atomic E-state index is -4.82. The van der Waals surface area contributed by atoms with Crippen LogP contribution in [-0.4, -0.2) is 11.8 Å². The van der Waals surface area contributed by atoms with Crippen LogP contribution in [0.2, 0.25) is 0 Å². The molecule has 0 unspecified atom stereocenters. The lowest BCUT2D eigenvalue weighted by Crippen LogP contribution is -2.18. The van der Waals surface area contributed by atoms with Gasteiger partial charge in [-0.3, -0.25) is 9.59 Å². The van der Waals surface area contributed by atoms with E-state index in [0.717, 1.165) is 18.2 Å². The number of halogens is 4. The second-order valence-electron chi connectivity index (χ2n) is 7.23. The van der Waals surface area contributed by atoms with E-state index >= 15 is 0 Å². The number of benzene rings is 3. The van der Waals surface area contributed by atoms with Crippen LogP contribution in [0.5, 0.6) is 0 Å². The Morgan fingerprint density at radius 3 is 2.24 bits per heavy atom. The van der Waals surface area contributed by atoms with E-state index in [9.17, 15) is 27.2 Å². The molecule has 1 aromatic heterocycles. The van der Waals surface area contributed by atoms with Crippen molar-refractivity contribution >= 4 is 34.2 Å². The summed E-state index contributed by atoms with van der Waals surface area (Å²) in [7, 11) is 0. The molecule has 2 N–H and O–H groups in total. The summed E-state index contributed by atoms with van der Waals surface area (Å²) in [6.07, 6.45) is -4.82. The third kappa shape index (κ3) is 4.57. The fourth-order valence-electron chi connectivity index (χ4n) is 3.34. The van der Waals surface area contributed by atoms with E-state index < -0.39 is 35.1 Å². The van der Waals surface area contributed by atoms with E-state index in [0.29, 0.717) is 22.6 Å². The van der Waals surface area contributed by atoms with E-state index in [-0.39, 0.29) is 17.0 Å². The van der Waals surface area contributed by atoms with Gasteiger partial charge >= 0.3 is 6.18 Å². The summed E-state index contributed by atoms with van der Waals surface area (Å²) in [5, 5.41) is 5.26. The molecule has 0 saturated heterocycles. The quantitative estimate of drug-likeness (QED) is 0.349. The van der Waals surface area contributed by atoms with Gasteiger partial charge in [-0.1, -0.05) is 18.2 Å². The summed E-state index contributed by atoms with van der Waals surface area (Å²) in [4.78, 5) is 24.9. The molecule has 0 atom stereocenters. The van der Waals surface area contributed by atoms with Crippen molar-refractivity contribution in [3.8, 4) is 0 Å². The number of nitrogens with one attached hydrogen (secondary N) is 2. The number of carbonyl (C=O) groups excluding carboxylic acids is 2. The van der Waals surface area contributed by atoms with Crippen LogP contribution in [0.15, 0.2) is 71.1 Å². The van der Waals surface area contributed by atoms with Gasteiger partial charge in [0.15, 0.2) is 5.76 Å². The Labute approximate surface area is 185 Å². The zero-order chi connectivity index (χ0) is 23.8. The van der Waals surface area contributed by atoms with Crippen LogP contribution in [0.25, 0.3) is 11.0 Å². The minimum Gasteiger partial charge on any atom is -0.451 e. The first-order valence-electron chi connectivity index (χ1n) is 9.71. The highest BCUT2D eigenvalue weighted by atomic mass is 19.4. The number of carbonyl (C=O) groups is 2. The Balaban J connectivity index is 1.61. The van der Waals surface area contributed by atoms with Gasteiger partial charge in [0, 0.05) is 22.2 Å². The van der Waals surface area contributed by atoms with Crippen molar-refractivity contribution in [2.45, 2.75) is 13.1 Å². The Morgan fingerprint density at radius 2 is 1.58 bits per heavy atom. The van der Waals surface area contributed by atoms with Crippen LogP contribution in [0, 0.1) is 12.7 Å². The lowest BCUT2D eigenvalue weighted by molar-refractivity contribution is -0.136. The van der Waals surface area contributed by atoms with Crippen LogP contribution in [0.1, 0.15) is 32.0 Å². The maximum atomic E-state index is 13.7. The highest BCUT2D eigenvalue weighted by Gasteiger charge is 2.35. The van der Waals surface area contributed by atoms with Crippen LogP contribution < -0.4 is 10.6 Å². The molecule has 5 nitrogen and oxygen atoms in total. The van der Waals surface area contributed by atoms with E-state index in [1.54, 1.807) is 31.2 Å². The van der Waals surface area contributed by atoms with Gasteiger partial charge in [-0.15, -0.1) is 0 Å². The standard InChI is InChI=1S/C24H16F4N2O3/c1-13-17-4-2-3-5-20(17)33-21(13)23(32)30-19-11-10-16(12-18(19)24(26,27)28)29-22(31)14-6-8-15(25)9-7-14/h2-12H,1H3,(H,29,31)(H,30,32). The first kappa shape index (κ1) is 22.1. The number of para-hydroxylation sites is 1. The molecule has 2 amide bonds. The zero-order valence-corrected chi connectivity index (χ0v) is 17.1. The van der Waals surface area contributed by atoms with E-state index in [2.05, 4.69) is 10.6 Å². The molecule has 0 fully saturated rings. The number of anilines is 2. The van der Waals surface area contributed by atoms with Crippen LogP contribution in [0.4, 0.5) is 28.9 Å². The molecular formula is C24H16F4N2O3. The normalized spacial score (nSPS) is 11.4. The molecule has 3 aromatic carbocycles. The summed E-state index contributed by atoms with van der Waals surface area (Å²) in [5.41, 5.74) is -0.777. The maximum absolute atomic E-state index is 13.7. The predicted molar refractivity (Wildman–Crippen MR) is 115 cm³/mol. The first-order valence-corrected chi connectivity index (χ1v) is 9.71. The molecule has 9 heteroatoms. The van der Waals surface area contributed by atoms with Crippen molar-refractivity contribution in [1.29, 1.82) is 0 Å². The molecule has 0 bridgehead atoms. The van der Waals surface area contributed by atoms with Gasteiger partial charge in [0.2, 0.25) is 0 Å². The summed E-state index contributed by atoms with van der Waals surface area (Å²) < 4.78 is 59.6. The van der Waals surface area contributed by atoms with Crippen LogP contribution in [0.3, 0.4) is 0 Å². The smallest absolute Gasteiger partial charge is 0.418 e. The van der Waals surface area contributed by atoms with E-state index in [1.165, 1.54) is 18.2 Å². The summed E-state index contributed by atoms with van der Waals surface area (Å²) in [6, 6.07) is 14.4.